The van der Waals surface area contributed by atoms with Crippen molar-refractivity contribution in [2.45, 2.75) is 52.5 Å². The van der Waals surface area contributed by atoms with E-state index in [1.807, 2.05) is 13.1 Å². The van der Waals surface area contributed by atoms with Crippen molar-refractivity contribution in [3.63, 3.8) is 0 Å². The normalized spacial score (nSPS) is 26.5. The molecule has 0 N–H and O–H groups in total. The van der Waals surface area contributed by atoms with Crippen molar-refractivity contribution < 1.29 is 4.74 Å². The summed E-state index contributed by atoms with van der Waals surface area (Å²) in [6, 6.07) is 0. The second kappa shape index (κ2) is 4.73. The Kier molecular flexibility index (Phi) is 3.83. The van der Waals surface area contributed by atoms with Crippen LogP contribution in [0.25, 0.3) is 0 Å². The van der Waals surface area contributed by atoms with Crippen molar-refractivity contribution in [1.29, 1.82) is 0 Å². The first kappa shape index (κ1) is 12.2. The number of hydrogen-bond donors (Lipinski definition) is 0. The van der Waals surface area contributed by atoms with E-state index in [2.05, 4.69) is 32.3 Å². The van der Waals surface area contributed by atoms with E-state index in [0.717, 1.165) is 25.2 Å². The summed E-state index contributed by atoms with van der Waals surface area (Å²) in [5.74, 6) is 1.02. The molecule has 1 rings (SSSR count). The Hall–Kier alpha value is -0.920. The molecule has 0 spiro atoms. The van der Waals surface area contributed by atoms with Crippen LogP contribution in [0, 0.1) is 0 Å². The third-order valence-electron chi connectivity index (χ3n) is 3.50. The number of ether oxygens (including phenoxy) is 1. The zero-order valence-electron chi connectivity index (χ0n) is 10.5. The van der Waals surface area contributed by atoms with Crippen molar-refractivity contribution in [3.05, 3.63) is 24.2 Å². The van der Waals surface area contributed by atoms with Gasteiger partial charge in [0.1, 0.15) is 12.4 Å². The van der Waals surface area contributed by atoms with Crippen molar-refractivity contribution in [1.82, 2.24) is 4.90 Å². The molecule has 1 heterocycles. The molecule has 1 aliphatic heterocycles. The van der Waals surface area contributed by atoms with Crippen LogP contribution in [0.2, 0.25) is 0 Å². The fraction of sp³-hybridized carbons (Fsp3) is 0.692. The summed E-state index contributed by atoms with van der Waals surface area (Å²) < 4.78 is 5.77. The van der Waals surface area contributed by atoms with E-state index in [-0.39, 0.29) is 5.54 Å². The molecule has 86 valence electrons. The lowest BCUT2D eigenvalue weighted by atomic mass is 9.88. The third kappa shape index (κ3) is 2.04. The van der Waals surface area contributed by atoms with Gasteiger partial charge in [-0.2, -0.15) is 0 Å². The highest BCUT2D eigenvalue weighted by molar-refractivity contribution is 5.15. The average Bonchev–Trinajstić information content (AvgIpc) is 2.24. The largest absolute Gasteiger partial charge is 0.494 e. The molecule has 0 fully saturated rings. The zero-order valence-corrected chi connectivity index (χ0v) is 10.5. The van der Waals surface area contributed by atoms with E-state index in [4.69, 9.17) is 4.74 Å². The SMILES string of the molecule is C=CN1C(C)=C(C)OCC1(CC)CCC. The Labute approximate surface area is 93.6 Å². The molecular weight excluding hydrogens is 186 g/mol. The van der Waals surface area contributed by atoms with Gasteiger partial charge in [0.05, 0.1) is 11.2 Å². The van der Waals surface area contributed by atoms with Gasteiger partial charge in [0.2, 0.25) is 0 Å². The Morgan fingerprint density at radius 3 is 2.60 bits per heavy atom. The summed E-state index contributed by atoms with van der Waals surface area (Å²) >= 11 is 0. The van der Waals surface area contributed by atoms with Crippen LogP contribution in [0.4, 0.5) is 0 Å². The molecule has 0 radical (unpaired) electrons. The Balaban J connectivity index is 3.04. The fourth-order valence-corrected chi connectivity index (χ4v) is 2.38. The van der Waals surface area contributed by atoms with Crippen LogP contribution in [0.15, 0.2) is 24.2 Å². The van der Waals surface area contributed by atoms with Crippen molar-refractivity contribution in [3.8, 4) is 0 Å². The van der Waals surface area contributed by atoms with Crippen LogP contribution < -0.4 is 0 Å². The lowest BCUT2D eigenvalue weighted by Crippen LogP contribution is -2.50. The highest BCUT2D eigenvalue weighted by atomic mass is 16.5. The van der Waals surface area contributed by atoms with E-state index in [1.165, 1.54) is 12.1 Å². The topological polar surface area (TPSA) is 12.5 Å². The van der Waals surface area contributed by atoms with Gasteiger partial charge in [-0.25, -0.2) is 0 Å². The minimum Gasteiger partial charge on any atom is -0.494 e. The smallest absolute Gasteiger partial charge is 0.112 e. The summed E-state index contributed by atoms with van der Waals surface area (Å²) in [7, 11) is 0. The molecule has 2 heteroatoms. The lowest BCUT2D eigenvalue weighted by molar-refractivity contribution is 0.0186. The summed E-state index contributed by atoms with van der Waals surface area (Å²) in [5.41, 5.74) is 1.33. The zero-order chi connectivity index (χ0) is 11.5. The third-order valence-corrected chi connectivity index (χ3v) is 3.50. The summed E-state index contributed by atoms with van der Waals surface area (Å²) in [5, 5.41) is 0. The van der Waals surface area contributed by atoms with Crippen molar-refractivity contribution in [2.24, 2.45) is 0 Å². The predicted octanol–water partition coefficient (Wildman–Crippen LogP) is 3.66. The van der Waals surface area contributed by atoms with E-state index in [9.17, 15) is 0 Å². The number of nitrogens with zero attached hydrogens (tertiary/aromatic N) is 1. The molecule has 0 aromatic carbocycles. The Morgan fingerprint density at radius 1 is 1.47 bits per heavy atom. The first-order valence-electron chi connectivity index (χ1n) is 5.83. The molecule has 0 aromatic rings. The van der Waals surface area contributed by atoms with E-state index in [1.54, 1.807) is 0 Å². The minimum atomic E-state index is 0.125. The number of allylic oxidation sites excluding steroid dienone is 2. The highest BCUT2D eigenvalue weighted by Gasteiger charge is 2.37. The molecule has 1 unspecified atom stereocenters. The van der Waals surface area contributed by atoms with Crippen molar-refractivity contribution in [2.75, 3.05) is 6.61 Å². The molecule has 0 aliphatic carbocycles. The molecular formula is C13H23NO. The van der Waals surface area contributed by atoms with Gasteiger partial charge in [-0.05, 0) is 32.9 Å². The molecule has 0 saturated carbocycles. The molecule has 0 amide bonds. The van der Waals surface area contributed by atoms with Crippen LogP contribution in [0.5, 0.6) is 0 Å². The van der Waals surface area contributed by atoms with E-state index < -0.39 is 0 Å². The van der Waals surface area contributed by atoms with E-state index >= 15 is 0 Å². The van der Waals surface area contributed by atoms with Crippen LogP contribution in [0.3, 0.4) is 0 Å². The fourth-order valence-electron chi connectivity index (χ4n) is 2.38. The molecule has 0 bridgehead atoms. The molecule has 1 atom stereocenters. The maximum atomic E-state index is 5.77. The second-order valence-corrected chi connectivity index (χ2v) is 4.31. The molecule has 2 nitrogen and oxygen atoms in total. The summed E-state index contributed by atoms with van der Waals surface area (Å²) in [4.78, 5) is 2.30. The van der Waals surface area contributed by atoms with Crippen LogP contribution in [-0.4, -0.2) is 17.0 Å². The van der Waals surface area contributed by atoms with Gasteiger partial charge >= 0.3 is 0 Å². The number of rotatable bonds is 4. The Bertz CT molecular complexity index is 270. The predicted molar refractivity (Wildman–Crippen MR) is 64.3 cm³/mol. The minimum absolute atomic E-state index is 0.125. The standard InChI is InChI=1S/C13H23NO/c1-6-9-13(7-2)10-15-12(5)11(4)14(13)8-3/h8H,3,6-7,9-10H2,1-2,4-5H3. The Morgan fingerprint density at radius 2 is 2.13 bits per heavy atom. The van der Waals surface area contributed by atoms with Gasteiger partial charge in [0.15, 0.2) is 0 Å². The summed E-state index contributed by atoms with van der Waals surface area (Å²) in [6.45, 7) is 13.3. The van der Waals surface area contributed by atoms with Gasteiger partial charge in [0, 0.05) is 0 Å². The maximum absolute atomic E-state index is 5.77. The van der Waals surface area contributed by atoms with Crippen LogP contribution >= 0.6 is 0 Å². The average molecular weight is 209 g/mol. The number of hydrogen-bond acceptors (Lipinski definition) is 2. The first-order valence-corrected chi connectivity index (χ1v) is 5.83. The molecule has 0 aromatic heterocycles. The quantitative estimate of drug-likeness (QED) is 0.700. The van der Waals surface area contributed by atoms with Crippen molar-refractivity contribution >= 4 is 0 Å². The second-order valence-electron chi connectivity index (χ2n) is 4.31. The molecule has 1 aliphatic rings. The molecule has 0 saturated heterocycles. The van der Waals surface area contributed by atoms with Crippen LogP contribution in [-0.2, 0) is 4.74 Å². The van der Waals surface area contributed by atoms with Gasteiger partial charge in [-0.15, -0.1) is 0 Å². The highest BCUT2D eigenvalue weighted by Crippen LogP contribution is 2.35. The lowest BCUT2D eigenvalue weighted by Gasteiger charge is -2.47. The maximum Gasteiger partial charge on any atom is 0.112 e. The summed E-state index contributed by atoms with van der Waals surface area (Å²) in [6.07, 6.45) is 5.37. The van der Waals surface area contributed by atoms with Gasteiger partial charge in [0.25, 0.3) is 0 Å². The van der Waals surface area contributed by atoms with E-state index in [0.29, 0.717) is 0 Å². The monoisotopic (exact) mass is 209 g/mol. The first-order chi connectivity index (χ1) is 7.11. The molecule has 15 heavy (non-hydrogen) atoms. The van der Waals surface area contributed by atoms with Gasteiger partial charge < -0.3 is 9.64 Å². The van der Waals surface area contributed by atoms with Gasteiger partial charge in [-0.3, -0.25) is 0 Å². The van der Waals surface area contributed by atoms with Crippen LogP contribution in [0.1, 0.15) is 47.0 Å². The van der Waals surface area contributed by atoms with Gasteiger partial charge in [-0.1, -0.05) is 26.8 Å².